The fourth-order valence-electron chi connectivity index (χ4n) is 6.95. The van der Waals surface area contributed by atoms with Crippen LogP contribution in [0.2, 0.25) is 0 Å². The lowest BCUT2D eigenvalue weighted by molar-refractivity contribution is -0.141. The Labute approximate surface area is 384 Å². The molecule has 1 aromatic heterocycles. The Bertz CT molecular complexity index is 2520. The highest BCUT2D eigenvalue weighted by molar-refractivity contribution is 5.97. The average molecular weight is 920 g/mol. The lowest BCUT2D eigenvalue weighted by atomic mass is 10.0. The molecule has 20 heteroatoms. The number of hydrogen-bond donors (Lipinski definition) is 11. The third-order valence-corrected chi connectivity index (χ3v) is 10.6. The number of phenolic OH excluding ortho intramolecular Hbond substituents is 1. The summed E-state index contributed by atoms with van der Waals surface area (Å²) in [4.78, 5) is 112. The van der Waals surface area contributed by atoms with Crippen LogP contribution in [-0.2, 0) is 64.0 Å². The van der Waals surface area contributed by atoms with Crippen LogP contribution >= 0.6 is 0 Å². The normalized spacial score (nSPS) is 13.6. The Kier molecular flexibility index (Phi) is 18.0. The first-order chi connectivity index (χ1) is 32.0. The number of rotatable bonds is 24. The number of nitrogens with two attached hydrogens (primary N) is 1. The van der Waals surface area contributed by atoms with Crippen molar-refractivity contribution in [2.75, 3.05) is 6.54 Å². The number of aromatic nitrogens is 2. The number of H-pyrrole nitrogens is 1. The zero-order valence-electron chi connectivity index (χ0n) is 36.4. The number of aromatic hydroxyl groups is 1. The third-order valence-electron chi connectivity index (χ3n) is 10.6. The van der Waals surface area contributed by atoms with Gasteiger partial charge in [0, 0.05) is 37.6 Å². The minimum atomic E-state index is -1.56. The van der Waals surface area contributed by atoms with Crippen molar-refractivity contribution in [3.8, 4) is 5.75 Å². The molecule has 20 nitrogen and oxygen atoms in total. The SMILES string of the molecule is C[C@H](NC(=O)CNC(=O)[C@H](Cc1ccc(O)cc1)NC(=O)[C@H](Cc1ccccc1)NC(=O)[C@H](CCC(=O)O)NC(=O)[C@H](Cc1cnc[nH]1)NC(=O)[C@@H](N)Cc1ccc2ccccc2c1)C(=O)O. The maximum Gasteiger partial charge on any atom is 0.325 e. The second-order valence-corrected chi connectivity index (χ2v) is 15.9. The number of aliphatic carboxylic acids is 2. The van der Waals surface area contributed by atoms with Gasteiger partial charge >= 0.3 is 11.9 Å². The number of carbonyl (C=O) groups is 8. The Balaban J connectivity index is 1.35. The van der Waals surface area contributed by atoms with Gasteiger partial charge in [-0.3, -0.25) is 38.4 Å². The van der Waals surface area contributed by atoms with Crippen LogP contribution in [0, 0.1) is 0 Å². The molecule has 0 aliphatic rings. The number of fused-ring (bicyclic) bond motifs is 1. The molecule has 5 rings (SSSR count). The van der Waals surface area contributed by atoms with E-state index in [-0.39, 0.29) is 31.4 Å². The summed E-state index contributed by atoms with van der Waals surface area (Å²) in [5.74, 6) is -7.73. The van der Waals surface area contributed by atoms with Gasteiger partial charge in [-0.05, 0) is 59.4 Å². The molecule has 352 valence electrons. The largest absolute Gasteiger partial charge is 0.508 e. The smallest absolute Gasteiger partial charge is 0.325 e. The van der Waals surface area contributed by atoms with E-state index in [1.165, 1.54) is 43.7 Å². The molecule has 0 bridgehead atoms. The monoisotopic (exact) mass is 919 g/mol. The Hall–Kier alpha value is -8.13. The average Bonchev–Trinajstić information content (AvgIpc) is 3.82. The summed E-state index contributed by atoms with van der Waals surface area (Å²) in [6, 6.07) is 19.5. The van der Waals surface area contributed by atoms with E-state index in [2.05, 4.69) is 41.9 Å². The van der Waals surface area contributed by atoms with Gasteiger partial charge in [0.15, 0.2) is 0 Å². The number of nitrogens with zero attached hydrogens (tertiary/aromatic N) is 1. The number of imidazole rings is 1. The molecular formula is C47H53N9O11. The molecule has 0 aliphatic heterocycles. The molecule has 0 saturated heterocycles. The second kappa shape index (κ2) is 24.2. The van der Waals surface area contributed by atoms with Crippen molar-refractivity contribution in [3.05, 3.63) is 132 Å². The molecule has 5 aromatic rings. The first kappa shape index (κ1) is 49.9. The van der Waals surface area contributed by atoms with Crippen LogP contribution in [0.4, 0.5) is 0 Å². The van der Waals surface area contributed by atoms with Gasteiger partial charge in [0.1, 0.15) is 36.0 Å². The minimum Gasteiger partial charge on any atom is -0.508 e. The van der Waals surface area contributed by atoms with Crippen LogP contribution in [0.5, 0.6) is 5.75 Å². The van der Waals surface area contributed by atoms with Crippen molar-refractivity contribution in [1.29, 1.82) is 0 Å². The highest BCUT2D eigenvalue weighted by Crippen LogP contribution is 2.17. The summed E-state index contributed by atoms with van der Waals surface area (Å²) in [5, 5.41) is 45.6. The van der Waals surface area contributed by atoms with Gasteiger partial charge in [-0.15, -0.1) is 0 Å². The number of amides is 6. The first-order valence-corrected chi connectivity index (χ1v) is 21.3. The van der Waals surface area contributed by atoms with Gasteiger partial charge in [-0.1, -0.05) is 84.9 Å². The topological polar surface area (TPSA) is 324 Å². The number of benzene rings is 4. The maximum absolute atomic E-state index is 14.2. The molecule has 4 aromatic carbocycles. The predicted molar refractivity (Wildman–Crippen MR) is 243 cm³/mol. The van der Waals surface area contributed by atoms with E-state index < -0.39 is 103 Å². The number of phenols is 1. The van der Waals surface area contributed by atoms with Crippen molar-refractivity contribution >= 4 is 58.2 Å². The molecule has 12 N–H and O–H groups in total. The van der Waals surface area contributed by atoms with Crippen molar-refractivity contribution in [1.82, 2.24) is 41.9 Å². The van der Waals surface area contributed by atoms with E-state index in [9.17, 15) is 48.6 Å². The lowest BCUT2D eigenvalue weighted by Crippen LogP contribution is -2.60. The minimum absolute atomic E-state index is 0.0660. The summed E-state index contributed by atoms with van der Waals surface area (Å²) in [5.41, 5.74) is 8.61. The number of hydrogen-bond acceptors (Lipinski definition) is 11. The van der Waals surface area contributed by atoms with Crippen LogP contribution in [0.3, 0.4) is 0 Å². The third kappa shape index (κ3) is 15.8. The fraction of sp³-hybridized carbons (Fsp3) is 0.298. The number of carbonyl (C=O) groups excluding carboxylic acids is 6. The van der Waals surface area contributed by atoms with Crippen molar-refractivity contribution in [3.63, 3.8) is 0 Å². The number of nitrogens with one attached hydrogen (secondary N) is 7. The summed E-state index contributed by atoms with van der Waals surface area (Å²) >= 11 is 0. The zero-order valence-corrected chi connectivity index (χ0v) is 36.4. The summed E-state index contributed by atoms with van der Waals surface area (Å²) in [6.07, 6.45) is 1.48. The molecule has 6 amide bonds. The van der Waals surface area contributed by atoms with E-state index in [1.807, 2.05) is 42.5 Å². The molecule has 6 atom stereocenters. The van der Waals surface area contributed by atoms with Gasteiger partial charge in [-0.25, -0.2) is 4.98 Å². The van der Waals surface area contributed by atoms with Gasteiger partial charge in [0.2, 0.25) is 35.4 Å². The molecule has 0 unspecified atom stereocenters. The van der Waals surface area contributed by atoms with Crippen molar-refractivity contribution < 1.29 is 53.7 Å². The van der Waals surface area contributed by atoms with E-state index >= 15 is 0 Å². The number of carboxylic acids is 2. The highest BCUT2D eigenvalue weighted by atomic mass is 16.4. The maximum atomic E-state index is 14.2. The molecule has 0 fully saturated rings. The van der Waals surface area contributed by atoms with Crippen LogP contribution in [0.25, 0.3) is 10.8 Å². The molecule has 0 radical (unpaired) electrons. The Morgan fingerprint density at radius 3 is 1.79 bits per heavy atom. The zero-order chi connectivity index (χ0) is 48.5. The second-order valence-electron chi connectivity index (χ2n) is 15.9. The fourth-order valence-corrected chi connectivity index (χ4v) is 6.95. The van der Waals surface area contributed by atoms with Gasteiger partial charge < -0.3 is 57.9 Å². The summed E-state index contributed by atoms with van der Waals surface area (Å²) in [6.45, 7) is 0.586. The number of aromatic amines is 1. The first-order valence-electron chi connectivity index (χ1n) is 21.3. The van der Waals surface area contributed by atoms with E-state index in [0.717, 1.165) is 16.3 Å². The van der Waals surface area contributed by atoms with Gasteiger partial charge in [0.05, 0.1) is 18.9 Å². The molecule has 1 heterocycles. The predicted octanol–water partition coefficient (Wildman–Crippen LogP) is 0.376. The summed E-state index contributed by atoms with van der Waals surface area (Å²) < 4.78 is 0. The van der Waals surface area contributed by atoms with Crippen LogP contribution in [0.15, 0.2) is 110 Å². The van der Waals surface area contributed by atoms with Gasteiger partial charge in [-0.2, -0.15) is 0 Å². The standard InChI is InChI=1S/C47H53N9O11/c1-27(47(66)67)52-40(58)25-50-43(62)37(22-29-12-15-34(57)16-13-29)55-45(64)38(21-28-7-3-2-4-8-28)56-44(63)36(17-18-41(59)60)53-46(65)39(23-33-24-49-26-51-33)54-42(61)35(48)20-30-11-14-31-9-5-6-10-32(31)19-30/h2-16,19,24,26-27,35-39,57H,17-18,20-23,25,48H2,1H3,(H,49,51)(H,50,62)(H,52,58)(H,53,65)(H,54,61)(H,55,64)(H,56,63)(H,59,60)(H,66,67)/t27-,35-,36-,37-,38-,39-/m0/s1. The Morgan fingerprint density at radius 1 is 0.612 bits per heavy atom. The van der Waals surface area contributed by atoms with E-state index in [0.29, 0.717) is 16.8 Å². The van der Waals surface area contributed by atoms with Gasteiger partial charge in [0.25, 0.3) is 0 Å². The van der Waals surface area contributed by atoms with Crippen molar-refractivity contribution in [2.45, 2.75) is 81.7 Å². The van der Waals surface area contributed by atoms with E-state index in [1.54, 1.807) is 30.3 Å². The van der Waals surface area contributed by atoms with Crippen LogP contribution < -0.4 is 37.6 Å². The van der Waals surface area contributed by atoms with Crippen LogP contribution in [-0.4, -0.2) is 115 Å². The molecule has 0 saturated carbocycles. The Morgan fingerprint density at radius 2 is 1.16 bits per heavy atom. The molecule has 0 aliphatic carbocycles. The highest BCUT2D eigenvalue weighted by Gasteiger charge is 2.33. The number of carboxylic acid groups (broad SMARTS) is 2. The summed E-state index contributed by atoms with van der Waals surface area (Å²) in [7, 11) is 0. The molecular weight excluding hydrogens is 867 g/mol. The lowest BCUT2D eigenvalue weighted by Gasteiger charge is -2.27. The molecule has 67 heavy (non-hydrogen) atoms. The molecule has 0 spiro atoms. The van der Waals surface area contributed by atoms with Crippen molar-refractivity contribution in [2.24, 2.45) is 5.73 Å². The van der Waals surface area contributed by atoms with Crippen LogP contribution in [0.1, 0.15) is 42.1 Å². The van der Waals surface area contributed by atoms with E-state index in [4.69, 9.17) is 10.8 Å². The quantitative estimate of drug-likeness (QED) is 0.0399.